The maximum absolute atomic E-state index is 10.9. The van der Waals surface area contributed by atoms with E-state index in [0.717, 1.165) is 12.1 Å². The molecular formula is C13H15N3O2. The van der Waals surface area contributed by atoms with Crippen LogP contribution < -0.4 is 0 Å². The predicted octanol–water partition coefficient (Wildman–Crippen LogP) is 2.14. The van der Waals surface area contributed by atoms with Crippen LogP contribution in [0.5, 0.6) is 0 Å². The number of aryl methyl sites for hydroxylation is 2. The van der Waals surface area contributed by atoms with Crippen molar-refractivity contribution in [2.45, 2.75) is 27.2 Å². The topological polar surface area (TPSA) is 68.0 Å². The van der Waals surface area contributed by atoms with Gasteiger partial charge in [-0.25, -0.2) is 9.48 Å². The van der Waals surface area contributed by atoms with Gasteiger partial charge in [-0.3, -0.25) is 0 Å². The zero-order chi connectivity index (χ0) is 13.3. The third-order valence-electron chi connectivity index (χ3n) is 3.06. The summed E-state index contributed by atoms with van der Waals surface area (Å²) in [6.07, 6.45) is 0.930. The van der Waals surface area contributed by atoms with E-state index in [1.807, 2.05) is 18.2 Å². The highest BCUT2D eigenvalue weighted by molar-refractivity contribution is 5.86. The van der Waals surface area contributed by atoms with Crippen LogP contribution in [-0.2, 0) is 6.42 Å². The van der Waals surface area contributed by atoms with Gasteiger partial charge in [0.1, 0.15) is 0 Å². The molecule has 2 aromatic rings. The van der Waals surface area contributed by atoms with E-state index in [2.05, 4.69) is 24.2 Å². The average Bonchev–Trinajstić information content (AvgIpc) is 2.72. The number of hydrogen-bond donors (Lipinski definition) is 1. The van der Waals surface area contributed by atoms with Gasteiger partial charge >= 0.3 is 5.97 Å². The zero-order valence-electron chi connectivity index (χ0n) is 10.6. The van der Waals surface area contributed by atoms with E-state index in [-0.39, 0.29) is 5.69 Å². The molecule has 1 N–H and O–H groups in total. The molecule has 0 aliphatic rings. The maximum Gasteiger partial charge on any atom is 0.358 e. The van der Waals surface area contributed by atoms with Crippen molar-refractivity contribution in [3.8, 4) is 5.69 Å². The summed E-state index contributed by atoms with van der Waals surface area (Å²) in [4.78, 5) is 10.9. The first-order chi connectivity index (χ1) is 8.54. The fraction of sp³-hybridized carbons (Fsp3) is 0.308. The van der Waals surface area contributed by atoms with Gasteiger partial charge < -0.3 is 5.11 Å². The van der Waals surface area contributed by atoms with Gasteiger partial charge in [0.05, 0.1) is 11.4 Å². The highest BCUT2D eigenvalue weighted by Gasteiger charge is 2.16. The second kappa shape index (κ2) is 4.60. The second-order valence-electron chi connectivity index (χ2n) is 4.20. The number of benzene rings is 1. The number of carbonyl (C=O) groups is 1. The summed E-state index contributed by atoms with van der Waals surface area (Å²) in [6.45, 7) is 5.84. The van der Waals surface area contributed by atoms with E-state index in [9.17, 15) is 4.79 Å². The third-order valence-corrected chi connectivity index (χ3v) is 3.06. The highest BCUT2D eigenvalue weighted by atomic mass is 16.4. The fourth-order valence-electron chi connectivity index (χ4n) is 1.94. The molecule has 1 aromatic heterocycles. The summed E-state index contributed by atoms with van der Waals surface area (Å²) >= 11 is 0. The van der Waals surface area contributed by atoms with Crippen molar-refractivity contribution in [1.82, 2.24) is 15.0 Å². The lowest BCUT2D eigenvalue weighted by Gasteiger charge is -2.08. The monoisotopic (exact) mass is 245 g/mol. The lowest BCUT2D eigenvalue weighted by atomic mass is 10.1. The van der Waals surface area contributed by atoms with Crippen molar-refractivity contribution < 1.29 is 9.90 Å². The van der Waals surface area contributed by atoms with Crippen LogP contribution in [0.4, 0.5) is 0 Å². The van der Waals surface area contributed by atoms with Crippen LogP contribution >= 0.6 is 0 Å². The molecule has 5 heteroatoms. The molecule has 5 nitrogen and oxygen atoms in total. The van der Waals surface area contributed by atoms with Crippen molar-refractivity contribution in [3.05, 3.63) is 40.7 Å². The number of aromatic carboxylic acids is 1. The standard InChI is InChI=1S/C13H15N3O2/c1-4-10-7-11(6-5-8(10)2)16-9(3)12(13(17)18)14-15-16/h5-7H,4H2,1-3H3,(H,17,18). The van der Waals surface area contributed by atoms with Crippen molar-refractivity contribution in [2.24, 2.45) is 0 Å². The lowest BCUT2D eigenvalue weighted by molar-refractivity contribution is 0.0689. The molecule has 18 heavy (non-hydrogen) atoms. The SMILES string of the molecule is CCc1cc(-n2nnc(C(=O)O)c2C)ccc1C. The third kappa shape index (κ3) is 1.99. The van der Waals surface area contributed by atoms with Gasteiger partial charge in [-0.05, 0) is 43.5 Å². The quantitative estimate of drug-likeness (QED) is 0.899. The van der Waals surface area contributed by atoms with E-state index in [1.54, 1.807) is 11.6 Å². The van der Waals surface area contributed by atoms with E-state index in [1.165, 1.54) is 11.1 Å². The molecule has 0 spiro atoms. The zero-order valence-corrected chi connectivity index (χ0v) is 10.6. The Kier molecular flexibility index (Phi) is 3.14. The van der Waals surface area contributed by atoms with Crippen LogP contribution in [-0.4, -0.2) is 26.1 Å². The highest BCUT2D eigenvalue weighted by Crippen LogP contribution is 2.17. The molecule has 0 radical (unpaired) electrons. The predicted molar refractivity (Wildman–Crippen MR) is 67.2 cm³/mol. The van der Waals surface area contributed by atoms with Crippen molar-refractivity contribution in [3.63, 3.8) is 0 Å². The maximum atomic E-state index is 10.9. The molecule has 0 amide bonds. The van der Waals surface area contributed by atoms with Crippen LogP contribution in [0.1, 0.15) is 34.2 Å². The van der Waals surface area contributed by atoms with Crippen molar-refractivity contribution in [2.75, 3.05) is 0 Å². The molecule has 0 aliphatic heterocycles. The van der Waals surface area contributed by atoms with Gasteiger partial charge in [0.2, 0.25) is 0 Å². The summed E-state index contributed by atoms with van der Waals surface area (Å²) < 4.78 is 1.56. The lowest BCUT2D eigenvalue weighted by Crippen LogP contribution is -2.03. The molecule has 0 aliphatic carbocycles. The number of hydrogen-bond acceptors (Lipinski definition) is 3. The molecule has 0 saturated heterocycles. The van der Waals surface area contributed by atoms with E-state index in [0.29, 0.717) is 5.69 Å². The van der Waals surface area contributed by atoms with E-state index >= 15 is 0 Å². The largest absolute Gasteiger partial charge is 0.476 e. The fourth-order valence-corrected chi connectivity index (χ4v) is 1.94. The minimum Gasteiger partial charge on any atom is -0.476 e. The Morgan fingerprint density at radius 1 is 1.39 bits per heavy atom. The smallest absolute Gasteiger partial charge is 0.358 e. The molecule has 0 atom stereocenters. The Morgan fingerprint density at radius 2 is 2.11 bits per heavy atom. The van der Waals surface area contributed by atoms with E-state index in [4.69, 9.17) is 5.11 Å². The average molecular weight is 245 g/mol. The first kappa shape index (κ1) is 12.3. The molecule has 2 rings (SSSR count). The molecule has 0 unspecified atom stereocenters. The Hall–Kier alpha value is -2.17. The Bertz CT molecular complexity index is 602. The number of nitrogens with zero attached hydrogens (tertiary/aromatic N) is 3. The normalized spacial score (nSPS) is 10.6. The van der Waals surface area contributed by atoms with Crippen molar-refractivity contribution >= 4 is 5.97 Å². The molecule has 0 fully saturated rings. The molecule has 0 saturated carbocycles. The van der Waals surface area contributed by atoms with Crippen LogP contribution in [0.15, 0.2) is 18.2 Å². The Morgan fingerprint density at radius 3 is 2.67 bits per heavy atom. The summed E-state index contributed by atoms with van der Waals surface area (Å²) in [6, 6.07) is 5.94. The van der Waals surface area contributed by atoms with Gasteiger partial charge in [0.25, 0.3) is 0 Å². The Balaban J connectivity index is 2.52. The minimum atomic E-state index is -1.05. The van der Waals surface area contributed by atoms with Gasteiger partial charge in [-0.1, -0.05) is 18.2 Å². The summed E-state index contributed by atoms with van der Waals surface area (Å²) in [5.41, 5.74) is 3.81. The molecular weight excluding hydrogens is 230 g/mol. The number of aromatic nitrogens is 3. The number of carboxylic acids is 1. The molecule has 0 bridgehead atoms. The van der Waals surface area contributed by atoms with Gasteiger partial charge in [0.15, 0.2) is 5.69 Å². The van der Waals surface area contributed by atoms with Gasteiger partial charge in [0, 0.05) is 0 Å². The van der Waals surface area contributed by atoms with Crippen LogP contribution in [0, 0.1) is 13.8 Å². The van der Waals surface area contributed by atoms with Gasteiger partial charge in [-0.15, -0.1) is 5.10 Å². The Labute approximate surface area is 105 Å². The second-order valence-corrected chi connectivity index (χ2v) is 4.20. The first-order valence-electron chi connectivity index (χ1n) is 5.80. The summed E-state index contributed by atoms with van der Waals surface area (Å²) in [5, 5.41) is 16.5. The number of carboxylic acid groups (broad SMARTS) is 1. The van der Waals surface area contributed by atoms with E-state index < -0.39 is 5.97 Å². The van der Waals surface area contributed by atoms with Crippen LogP contribution in [0.2, 0.25) is 0 Å². The molecule has 1 aromatic carbocycles. The molecule has 1 heterocycles. The summed E-state index contributed by atoms with van der Waals surface area (Å²) in [7, 11) is 0. The number of rotatable bonds is 3. The van der Waals surface area contributed by atoms with Crippen LogP contribution in [0.3, 0.4) is 0 Å². The van der Waals surface area contributed by atoms with Crippen molar-refractivity contribution in [1.29, 1.82) is 0 Å². The minimum absolute atomic E-state index is 0.00590. The van der Waals surface area contributed by atoms with Crippen LogP contribution in [0.25, 0.3) is 5.69 Å². The first-order valence-corrected chi connectivity index (χ1v) is 5.80. The summed E-state index contributed by atoms with van der Waals surface area (Å²) in [5.74, 6) is -1.05. The van der Waals surface area contributed by atoms with Gasteiger partial charge in [-0.2, -0.15) is 0 Å². The molecule has 94 valence electrons.